The van der Waals surface area contributed by atoms with Gasteiger partial charge in [-0.3, -0.25) is 0 Å². The van der Waals surface area contributed by atoms with E-state index in [0.717, 1.165) is 16.3 Å². The number of hydrogen-bond acceptors (Lipinski definition) is 2. The Morgan fingerprint density at radius 3 is 2.39 bits per heavy atom. The van der Waals surface area contributed by atoms with Gasteiger partial charge in [0.15, 0.2) is 0 Å². The average Bonchev–Trinajstić information content (AvgIpc) is 2.37. The van der Waals surface area contributed by atoms with Crippen LogP contribution in [0.25, 0.3) is 23.1 Å². The molecule has 2 aromatic carbocycles. The molecular weight excluding hydrogens is 248 g/mol. The smallest absolute Gasteiger partial charge is 0.282 e. The molecule has 0 heterocycles. The third-order valence-corrected chi connectivity index (χ3v) is 3.00. The zero-order valence-corrected chi connectivity index (χ0v) is 10.6. The van der Waals surface area contributed by atoms with E-state index in [4.69, 9.17) is 11.6 Å². The Morgan fingerprint density at radius 2 is 1.78 bits per heavy atom. The van der Waals surface area contributed by atoms with Gasteiger partial charge in [0.25, 0.3) is 5.95 Å². The zero-order chi connectivity index (χ0) is 13.1. The van der Waals surface area contributed by atoms with Crippen LogP contribution in [-0.2, 0) is 0 Å². The Balaban J connectivity index is 2.67. The molecule has 0 fully saturated rings. The van der Waals surface area contributed by atoms with E-state index in [1.165, 1.54) is 0 Å². The van der Waals surface area contributed by atoms with Crippen molar-refractivity contribution in [1.29, 1.82) is 0 Å². The summed E-state index contributed by atoms with van der Waals surface area (Å²) in [6.07, 6.45) is 1.83. The summed E-state index contributed by atoms with van der Waals surface area (Å²) < 4.78 is 0. The maximum absolute atomic E-state index is 9.17. The topological polar surface area (TPSA) is 40.5 Å². The second-order valence-electron chi connectivity index (χ2n) is 3.92. The molecule has 0 atom stereocenters. The van der Waals surface area contributed by atoms with Gasteiger partial charge in [-0.15, -0.1) is 0 Å². The molecule has 0 aliphatic carbocycles. The van der Waals surface area contributed by atoms with E-state index in [1.54, 1.807) is 6.07 Å². The summed E-state index contributed by atoms with van der Waals surface area (Å²) in [5.74, 6) is -0.666. The standard InChI is InChI=1S/C15H13ClO2/c1-2-10-8-12(6-7-14(10)15(17)18)11-4-3-5-13(16)9-11/h2-9,17-18H,1H3. The molecule has 0 saturated carbocycles. The largest absolute Gasteiger partial charge is 0.481 e. The van der Waals surface area contributed by atoms with Gasteiger partial charge in [-0.25, -0.2) is 0 Å². The normalized spacial score (nSPS) is 11.6. The molecule has 2 nitrogen and oxygen atoms in total. The minimum atomic E-state index is -0.666. The average molecular weight is 261 g/mol. The molecule has 0 amide bonds. The van der Waals surface area contributed by atoms with Crippen LogP contribution in [0, 0.1) is 0 Å². The van der Waals surface area contributed by atoms with E-state index in [2.05, 4.69) is 0 Å². The van der Waals surface area contributed by atoms with E-state index in [9.17, 15) is 10.2 Å². The second-order valence-corrected chi connectivity index (χ2v) is 4.36. The molecule has 0 aliphatic heterocycles. The van der Waals surface area contributed by atoms with Crippen LogP contribution in [-0.4, -0.2) is 10.2 Å². The number of hydrogen-bond donors (Lipinski definition) is 2. The van der Waals surface area contributed by atoms with Crippen molar-refractivity contribution in [2.24, 2.45) is 0 Å². The third kappa shape index (κ3) is 2.49. The molecule has 2 rings (SSSR count). The molecule has 18 heavy (non-hydrogen) atoms. The van der Waals surface area contributed by atoms with E-state index in [1.807, 2.05) is 49.4 Å². The molecule has 0 aromatic heterocycles. The monoisotopic (exact) mass is 260 g/mol. The highest BCUT2D eigenvalue weighted by molar-refractivity contribution is 6.30. The fourth-order valence-electron chi connectivity index (χ4n) is 1.85. The highest BCUT2D eigenvalue weighted by Crippen LogP contribution is 2.20. The van der Waals surface area contributed by atoms with Crippen LogP contribution < -0.4 is 10.4 Å². The molecule has 0 unspecified atom stereocenters. The van der Waals surface area contributed by atoms with Crippen molar-refractivity contribution in [2.45, 2.75) is 6.92 Å². The van der Waals surface area contributed by atoms with Crippen molar-refractivity contribution < 1.29 is 10.2 Å². The first-order chi connectivity index (χ1) is 8.61. The summed E-state index contributed by atoms with van der Waals surface area (Å²) >= 11 is 5.96. The lowest BCUT2D eigenvalue weighted by Gasteiger charge is -2.03. The quantitative estimate of drug-likeness (QED) is 0.828. The molecule has 0 bridgehead atoms. The Labute approximate surface area is 110 Å². The zero-order valence-electron chi connectivity index (χ0n) is 9.89. The van der Waals surface area contributed by atoms with Crippen molar-refractivity contribution in [2.75, 3.05) is 0 Å². The van der Waals surface area contributed by atoms with Crippen molar-refractivity contribution >= 4 is 23.6 Å². The van der Waals surface area contributed by atoms with Gasteiger partial charge >= 0.3 is 0 Å². The van der Waals surface area contributed by atoms with Crippen molar-refractivity contribution in [3.8, 4) is 11.1 Å². The van der Waals surface area contributed by atoms with Crippen LogP contribution in [0.4, 0.5) is 0 Å². The van der Waals surface area contributed by atoms with E-state index in [-0.39, 0.29) is 0 Å². The molecule has 2 aromatic rings. The Hall–Kier alpha value is -1.93. The highest BCUT2D eigenvalue weighted by Gasteiger charge is 2.00. The highest BCUT2D eigenvalue weighted by atomic mass is 35.5. The maximum atomic E-state index is 9.17. The van der Waals surface area contributed by atoms with Crippen LogP contribution in [0.2, 0.25) is 5.02 Å². The van der Waals surface area contributed by atoms with Gasteiger partial charge in [-0.2, -0.15) is 0 Å². The maximum Gasteiger partial charge on any atom is 0.282 e. The number of benzene rings is 2. The van der Waals surface area contributed by atoms with Gasteiger partial charge < -0.3 is 10.2 Å². The molecule has 0 saturated heterocycles. The molecule has 3 heteroatoms. The van der Waals surface area contributed by atoms with Crippen LogP contribution in [0.3, 0.4) is 0 Å². The third-order valence-electron chi connectivity index (χ3n) is 2.76. The van der Waals surface area contributed by atoms with Crippen LogP contribution >= 0.6 is 11.6 Å². The van der Waals surface area contributed by atoms with Gasteiger partial charge in [0.1, 0.15) is 0 Å². The number of halogens is 1. The lowest BCUT2D eigenvalue weighted by atomic mass is 10.0. The SMILES string of the molecule is CC=c1cc(-c2cccc(Cl)c2)ccc1=C(O)O. The molecule has 0 spiro atoms. The van der Waals surface area contributed by atoms with E-state index >= 15 is 0 Å². The van der Waals surface area contributed by atoms with Gasteiger partial charge in [-0.1, -0.05) is 35.9 Å². The predicted octanol–water partition coefficient (Wildman–Crippen LogP) is 2.99. The summed E-state index contributed by atoms with van der Waals surface area (Å²) in [4.78, 5) is 0. The van der Waals surface area contributed by atoms with Crippen LogP contribution in [0.5, 0.6) is 0 Å². The number of aliphatic hydroxyl groups excluding tert-OH is 1. The fourth-order valence-corrected chi connectivity index (χ4v) is 2.04. The van der Waals surface area contributed by atoms with Gasteiger partial charge in [0.2, 0.25) is 0 Å². The van der Waals surface area contributed by atoms with Crippen molar-refractivity contribution in [1.82, 2.24) is 0 Å². The molecule has 2 N–H and O–H groups in total. The Morgan fingerprint density at radius 1 is 1.06 bits per heavy atom. The Bertz CT molecular complexity index is 686. The first-order valence-corrected chi connectivity index (χ1v) is 5.94. The van der Waals surface area contributed by atoms with Gasteiger partial charge in [-0.05, 0) is 47.5 Å². The van der Waals surface area contributed by atoms with E-state index in [0.29, 0.717) is 10.2 Å². The van der Waals surface area contributed by atoms with Crippen molar-refractivity contribution in [3.05, 3.63) is 57.9 Å². The summed E-state index contributed by atoms with van der Waals surface area (Å²) in [6, 6.07) is 13.0. The summed E-state index contributed by atoms with van der Waals surface area (Å²) in [5, 5.41) is 20.2. The second kappa shape index (κ2) is 5.15. The predicted molar refractivity (Wildman–Crippen MR) is 74.9 cm³/mol. The summed E-state index contributed by atoms with van der Waals surface area (Å²) in [6.45, 7) is 1.85. The fraction of sp³-hybridized carbons (Fsp3) is 0.0667. The minimum Gasteiger partial charge on any atom is -0.481 e. The van der Waals surface area contributed by atoms with Gasteiger partial charge in [0.05, 0.1) is 5.22 Å². The van der Waals surface area contributed by atoms with Crippen molar-refractivity contribution in [3.63, 3.8) is 0 Å². The number of aliphatic hydroxyl groups is 2. The van der Waals surface area contributed by atoms with Gasteiger partial charge in [0, 0.05) is 5.02 Å². The molecule has 0 radical (unpaired) electrons. The lowest BCUT2D eigenvalue weighted by molar-refractivity contribution is 0.298. The summed E-state index contributed by atoms with van der Waals surface area (Å²) in [5.41, 5.74) is 1.98. The Kier molecular flexibility index (Phi) is 3.58. The molecule has 0 aliphatic rings. The first kappa shape index (κ1) is 12.5. The van der Waals surface area contributed by atoms with Crippen LogP contribution in [0.15, 0.2) is 42.5 Å². The molecule has 92 valence electrons. The molecular formula is C15H13ClO2. The van der Waals surface area contributed by atoms with E-state index < -0.39 is 5.95 Å². The van der Waals surface area contributed by atoms with Crippen LogP contribution in [0.1, 0.15) is 6.92 Å². The summed E-state index contributed by atoms with van der Waals surface area (Å²) in [7, 11) is 0. The number of rotatable bonds is 1. The lowest BCUT2D eigenvalue weighted by Crippen LogP contribution is -2.26. The minimum absolute atomic E-state index is 0.420. The first-order valence-electron chi connectivity index (χ1n) is 5.56.